The van der Waals surface area contributed by atoms with E-state index in [4.69, 9.17) is 13.6 Å². The molecule has 2 N–H and O–H groups in total. The summed E-state index contributed by atoms with van der Waals surface area (Å²) in [4.78, 5) is 37.8. The number of hydrogen-bond donors (Lipinski definition) is 2. The molecule has 2 fully saturated rings. The van der Waals surface area contributed by atoms with Crippen LogP contribution in [0.15, 0.2) is 71.4 Å². The lowest BCUT2D eigenvalue weighted by molar-refractivity contribution is 0.0336. The number of pyridine rings is 2. The SMILES string of the molecule is C[C@H]1CN(c2ccncc2NC(=O)c2ccc3cc([C@H]4C[C@@H]4c4ccccc4)oc3n2)C[C@@H](NC(=O)OC(C)(C)C)C1O[Si](C)(C)C(C)(C)C. The lowest BCUT2D eigenvalue weighted by atomic mass is 9.92. The third-order valence-electron chi connectivity index (χ3n) is 10.2. The molecule has 11 heteroatoms. The van der Waals surface area contributed by atoms with Crippen LogP contribution < -0.4 is 15.5 Å². The van der Waals surface area contributed by atoms with Crippen LogP contribution in [0.5, 0.6) is 0 Å². The summed E-state index contributed by atoms with van der Waals surface area (Å²) in [5, 5.41) is 7.05. The van der Waals surface area contributed by atoms with E-state index in [-0.39, 0.29) is 34.7 Å². The Morgan fingerprint density at radius 3 is 2.42 bits per heavy atom. The highest BCUT2D eigenvalue weighted by Gasteiger charge is 2.45. The van der Waals surface area contributed by atoms with Crippen molar-refractivity contribution in [3.63, 3.8) is 0 Å². The number of nitrogens with zero attached hydrogens (tertiary/aromatic N) is 3. The van der Waals surface area contributed by atoms with Gasteiger partial charge in [-0.05, 0) is 81.1 Å². The van der Waals surface area contributed by atoms with Crippen molar-refractivity contribution < 1.29 is 23.2 Å². The molecule has 10 nitrogen and oxygen atoms in total. The van der Waals surface area contributed by atoms with Gasteiger partial charge in [0.15, 0.2) is 8.32 Å². The second-order valence-corrected chi connectivity index (χ2v) is 21.2. The maximum atomic E-state index is 13.6. The van der Waals surface area contributed by atoms with E-state index in [1.54, 1.807) is 18.5 Å². The zero-order chi connectivity index (χ0) is 36.0. The lowest BCUT2D eigenvalue weighted by Crippen LogP contribution is -2.63. The number of piperidine rings is 1. The Bertz CT molecular complexity index is 1850. The number of hydrogen-bond acceptors (Lipinski definition) is 8. The summed E-state index contributed by atoms with van der Waals surface area (Å²) in [6.45, 7) is 19.9. The fourth-order valence-corrected chi connectivity index (χ4v) is 7.96. The number of nitrogens with one attached hydrogen (secondary N) is 2. The molecule has 1 aromatic carbocycles. The number of fused-ring (bicyclic) bond motifs is 1. The van der Waals surface area contributed by atoms with Crippen molar-refractivity contribution in [2.45, 2.75) is 103 Å². The molecule has 4 aromatic rings. The smallest absolute Gasteiger partial charge is 0.408 e. The predicted molar refractivity (Wildman–Crippen MR) is 199 cm³/mol. The molecule has 4 heterocycles. The van der Waals surface area contributed by atoms with Gasteiger partial charge in [-0.3, -0.25) is 9.78 Å². The third-order valence-corrected chi connectivity index (χ3v) is 14.7. The molecule has 5 atom stereocenters. The Morgan fingerprint density at radius 2 is 1.72 bits per heavy atom. The van der Waals surface area contributed by atoms with Gasteiger partial charge in [0.2, 0.25) is 5.71 Å². The summed E-state index contributed by atoms with van der Waals surface area (Å²) in [5.41, 5.74) is 2.72. The largest absolute Gasteiger partial charge is 0.444 e. The maximum absolute atomic E-state index is 13.6. The lowest BCUT2D eigenvalue weighted by Gasteiger charge is -2.48. The molecule has 2 aliphatic rings. The molecule has 1 aliphatic heterocycles. The summed E-state index contributed by atoms with van der Waals surface area (Å²) >= 11 is 0. The van der Waals surface area contributed by atoms with Gasteiger partial charge in [-0.1, -0.05) is 58.0 Å². The molecule has 6 rings (SSSR count). The molecule has 1 aliphatic carbocycles. The fourth-order valence-electron chi connectivity index (χ4n) is 6.53. The first-order chi connectivity index (χ1) is 23.5. The summed E-state index contributed by atoms with van der Waals surface area (Å²) in [6.07, 6.45) is 3.69. The quantitative estimate of drug-likeness (QED) is 0.176. The molecule has 1 unspecified atom stereocenters. The van der Waals surface area contributed by atoms with E-state index >= 15 is 0 Å². The maximum Gasteiger partial charge on any atom is 0.408 e. The monoisotopic (exact) mass is 697 g/mol. The van der Waals surface area contributed by atoms with Crippen LogP contribution in [0.3, 0.4) is 0 Å². The number of carbonyl (C=O) groups excluding carboxylic acids is 2. The number of benzene rings is 1. The molecular weight excluding hydrogens is 647 g/mol. The van der Waals surface area contributed by atoms with Crippen LogP contribution >= 0.6 is 0 Å². The average Bonchev–Trinajstić information content (AvgIpc) is 3.72. The minimum atomic E-state index is -2.18. The Labute approximate surface area is 296 Å². The molecule has 1 saturated carbocycles. The molecular formula is C39H51N5O5Si. The normalized spacial score (nSPS) is 22.7. The molecule has 0 radical (unpaired) electrons. The van der Waals surface area contributed by atoms with Gasteiger partial charge < -0.3 is 29.1 Å². The second kappa shape index (κ2) is 13.5. The topological polar surface area (TPSA) is 119 Å². The van der Waals surface area contributed by atoms with Gasteiger partial charge in [0, 0.05) is 36.5 Å². The Hall–Kier alpha value is -4.22. The number of anilines is 2. The Kier molecular flexibility index (Phi) is 9.60. The summed E-state index contributed by atoms with van der Waals surface area (Å²) < 4.78 is 18.8. The van der Waals surface area contributed by atoms with Gasteiger partial charge in [0.25, 0.3) is 5.91 Å². The van der Waals surface area contributed by atoms with Crippen molar-refractivity contribution in [2.75, 3.05) is 23.3 Å². The molecule has 3 aromatic heterocycles. The van der Waals surface area contributed by atoms with Crippen LogP contribution in [0.1, 0.15) is 88.5 Å². The molecule has 0 bridgehead atoms. The number of alkyl carbamates (subject to hydrolysis) is 1. The fraction of sp³-hybridized carbons (Fsp3) is 0.487. The van der Waals surface area contributed by atoms with E-state index < -0.39 is 20.0 Å². The zero-order valence-electron chi connectivity index (χ0n) is 30.7. The van der Waals surface area contributed by atoms with Gasteiger partial charge in [-0.25, -0.2) is 9.78 Å². The number of aromatic nitrogens is 2. The van der Waals surface area contributed by atoms with Gasteiger partial charge >= 0.3 is 6.09 Å². The summed E-state index contributed by atoms with van der Waals surface area (Å²) in [7, 11) is -2.18. The average molecular weight is 698 g/mol. The van der Waals surface area contributed by atoms with Gasteiger partial charge in [0.1, 0.15) is 17.1 Å². The zero-order valence-corrected chi connectivity index (χ0v) is 31.7. The van der Waals surface area contributed by atoms with E-state index in [1.807, 2.05) is 45.0 Å². The number of ether oxygens (including phenoxy) is 1. The number of amides is 2. The van der Waals surface area contributed by atoms with Crippen LogP contribution in [0, 0.1) is 5.92 Å². The van der Waals surface area contributed by atoms with Crippen molar-refractivity contribution >= 4 is 42.8 Å². The van der Waals surface area contributed by atoms with Crippen LogP contribution in [-0.4, -0.2) is 61.1 Å². The second-order valence-electron chi connectivity index (χ2n) is 16.4. The van der Waals surface area contributed by atoms with Gasteiger partial charge in [-0.15, -0.1) is 0 Å². The molecule has 50 heavy (non-hydrogen) atoms. The third kappa shape index (κ3) is 7.89. The number of carbonyl (C=O) groups is 2. The minimum absolute atomic E-state index is 0.000378. The van der Waals surface area contributed by atoms with Crippen LogP contribution in [0.4, 0.5) is 16.2 Å². The first-order valence-electron chi connectivity index (χ1n) is 17.6. The highest BCUT2D eigenvalue weighted by Crippen LogP contribution is 2.55. The van der Waals surface area contributed by atoms with Crippen molar-refractivity contribution in [1.82, 2.24) is 15.3 Å². The van der Waals surface area contributed by atoms with Crippen molar-refractivity contribution in [3.05, 3.63) is 84.0 Å². The first-order valence-corrected chi connectivity index (χ1v) is 20.5. The van der Waals surface area contributed by atoms with E-state index in [1.165, 1.54) is 5.56 Å². The van der Waals surface area contributed by atoms with Crippen molar-refractivity contribution in [1.29, 1.82) is 0 Å². The van der Waals surface area contributed by atoms with Gasteiger partial charge in [-0.2, -0.15) is 0 Å². The van der Waals surface area contributed by atoms with Crippen LogP contribution in [0.2, 0.25) is 18.1 Å². The predicted octanol–water partition coefficient (Wildman–Crippen LogP) is 8.49. The molecule has 0 spiro atoms. The summed E-state index contributed by atoms with van der Waals surface area (Å²) in [6, 6.07) is 17.7. The highest BCUT2D eigenvalue weighted by molar-refractivity contribution is 6.74. The molecule has 266 valence electrons. The highest BCUT2D eigenvalue weighted by atomic mass is 28.4. The summed E-state index contributed by atoms with van der Waals surface area (Å²) in [5.74, 6) is 1.35. The molecule has 1 saturated heterocycles. The number of furan rings is 1. The minimum Gasteiger partial charge on any atom is -0.444 e. The van der Waals surface area contributed by atoms with E-state index in [0.717, 1.165) is 23.3 Å². The van der Waals surface area contributed by atoms with Crippen molar-refractivity contribution in [2.24, 2.45) is 5.92 Å². The Morgan fingerprint density at radius 1 is 0.980 bits per heavy atom. The Balaban J connectivity index is 1.20. The van der Waals surface area contributed by atoms with E-state index in [2.05, 4.69) is 90.6 Å². The first kappa shape index (κ1) is 35.6. The van der Waals surface area contributed by atoms with E-state index in [0.29, 0.717) is 36.3 Å². The van der Waals surface area contributed by atoms with Gasteiger partial charge in [0.05, 0.1) is 29.7 Å². The van der Waals surface area contributed by atoms with Crippen LogP contribution in [0.25, 0.3) is 11.1 Å². The number of rotatable bonds is 8. The molecule has 2 amide bonds. The van der Waals surface area contributed by atoms with Crippen LogP contribution in [-0.2, 0) is 9.16 Å². The van der Waals surface area contributed by atoms with E-state index in [9.17, 15) is 9.59 Å². The van der Waals surface area contributed by atoms with Crippen molar-refractivity contribution in [3.8, 4) is 0 Å². The standard InChI is InChI=1S/C39H51N5O5Si/c1-24-22-44(23-31(43-37(46)48-38(2,3)4)34(24)49-50(8,9)39(5,6)7)32-17-18-40-21-30(32)41-35(45)29-16-15-26-19-33(47-36(26)42-29)28-20-27(28)25-13-11-10-12-14-25/h10-19,21,24,27-28,31,34H,20,22-23H2,1-9H3,(H,41,45)(H,43,46)/t24-,27+,28-,31+,34?/m0/s1.